The summed E-state index contributed by atoms with van der Waals surface area (Å²) in [5.74, 6) is 0. The van der Waals surface area contributed by atoms with Crippen LogP contribution in [0.5, 0.6) is 0 Å². The summed E-state index contributed by atoms with van der Waals surface area (Å²) in [6, 6.07) is 0. The summed E-state index contributed by atoms with van der Waals surface area (Å²) in [6.45, 7) is -1.51. The largest absolute Gasteiger partial charge is 0.397 e. The van der Waals surface area contributed by atoms with Crippen LogP contribution in [0.1, 0.15) is 12.8 Å². The van der Waals surface area contributed by atoms with Gasteiger partial charge in [0.25, 0.3) is 0 Å². The molecule has 0 aliphatic rings. The van der Waals surface area contributed by atoms with Gasteiger partial charge in [-0.15, -0.1) is 0 Å². The second-order valence-electron chi connectivity index (χ2n) is 2.64. The molecule has 0 amide bonds. The van der Waals surface area contributed by atoms with Crippen LogP contribution in [0.25, 0.3) is 0 Å². The average molecular weight is 246 g/mol. The van der Waals surface area contributed by atoms with Gasteiger partial charge in [0.2, 0.25) is 0 Å². The summed E-state index contributed by atoms with van der Waals surface area (Å²) in [5, 5.41) is 0. The van der Waals surface area contributed by atoms with Crippen LogP contribution >= 0.6 is 0 Å². The standard InChI is InChI=1S/C6H6F8O/c7-4(8,9)1-2-15-6(13,14)3-5(10,11)12/h1-3H2. The third-order valence-electron chi connectivity index (χ3n) is 1.11. The Hall–Kier alpha value is -0.600. The number of halogens is 8. The Balaban J connectivity index is 3.95. The molecule has 0 unspecified atom stereocenters. The van der Waals surface area contributed by atoms with Crippen molar-refractivity contribution in [1.29, 1.82) is 0 Å². The lowest BCUT2D eigenvalue weighted by Gasteiger charge is -2.18. The summed E-state index contributed by atoms with van der Waals surface area (Å²) in [7, 11) is 0. The van der Waals surface area contributed by atoms with Gasteiger partial charge < -0.3 is 4.74 Å². The van der Waals surface area contributed by atoms with Crippen molar-refractivity contribution < 1.29 is 39.9 Å². The maximum atomic E-state index is 12.2. The molecule has 0 N–H and O–H groups in total. The van der Waals surface area contributed by atoms with Crippen molar-refractivity contribution in [1.82, 2.24) is 0 Å². The first-order valence-electron chi connectivity index (χ1n) is 3.57. The third-order valence-corrected chi connectivity index (χ3v) is 1.11. The lowest BCUT2D eigenvalue weighted by molar-refractivity contribution is -0.298. The van der Waals surface area contributed by atoms with Gasteiger partial charge in [-0.05, 0) is 0 Å². The maximum Gasteiger partial charge on any atom is 0.397 e. The third kappa shape index (κ3) is 9.70. The highest BCUT2D eigenvalue weighted by Crippen LogP contribution is 2.33. The van der Waals surface area contributed by atoms with Crippen molar-refractivity contribution in [2.45, 2.75) is 31.3 Å². The fraction of sp³-hybridized carbons (Fsp3) is 1.00. The molecule has 0 aromatic carbocycles. The molecule has 0 aliphatic carbocycles. The zero-order valence-electron chi connectivity index (χ0n) is 7.05. The fourth-order valence-electron chi connectivity index (χ4n) is 0.600. The van der Waals surface area contributed by atoms with Crippen molar-refractivity contribution >= 4 is 0 Å². The van der Waals surface area contributed by atoms with Gasteiger partial charge in [-0.25, -0.2) is 0 Å². The van der Waals surface area contributed by atoms with E-state index in [4.69, 9.17) is 0 Å². The number of rotatable bonds is 4. The Morgan fingerprint density at radius 3 is 1.53 bits per heavy atom. The monoisotopic (exact) mass is 246 g/mol. The van der Waals surface area contributed by atoms with Gasteiger partial charge in [-0.1, -0.05) is 0 Å². The molecule has 0 aromatic heterocycles. The molecule has 0 saturated carbocycles. The Kier molecular flexibility index (Phi) is 4.32. The Bertz CT molecular complexity index is 192. The van der Waals surface area contributed by atoms with E-state index in [0.717, 1.165) is 0 Å². The van der Waals surface area contributed by atoms with Crippen LogP contribution in [-0.4, -0.2) is 25.1 Å². The first kappa shape index (κ1) is 14.4. The maximum absolute atomic E-state index is 12.2. The van der Waals surface area contributed by atoms with Crippen molar-refractivity contribution in [2.24, 2.45) is 0 Å². The summed E-state index contributed by atoms with van der Waals surface area (Å²) < 4.78 is 96.1. The Labute approximate surface area is 79.0 Å². The zero-order valence-corrected chi connectivity index (χ0v) is 7.05. The Morgan fingerprint density at radius 2 is 1.20 bits per heavy atom. The molecule has 9 heteroatoms. The predicted molar refractivity (Wildman–Crippen MR) is 32.2 cm³/mol. The lowest BCUT2D eigenvalue weighted by atomic mass is 10.4. The van der Waals surface area contributed by atoms with Crippen molar-refractivity contribution in [3.05, 3.63) is 0 Å². The molecule has 0 fully saturated rings. The molecule has 0 atom stereocenters. The van der Waals surface area contributed by atoms with Crippen molar-refractivity contribution in [2.75, 3.05) is 6.61 Å². The second kappa shape index (κ2) is 4.50. The number of ether oxygens (including phenoxy) is 1. The molecule has 0 saturated heterocycles. The van der Waals surface area contributed by atoms with E-state index in [-0.39, 0.29) is 0 Å². The van der Waals surface area contributed by atoms with Crippen LogP contribution < -0.4 is 0 Å². The van der Waals surface area contributed by atoms with Crippen LogP contribution in [0, 0.1) is 0 Å². The molecule has 0 bridgehead atoms. The van der Waals surface area contributed by atoms with E-state index >= 15 is 0 Å². The summed E-state index contributed by atoms with van der Waals surface area (Å²) >= 11 is 0. The fourth-order valence-corrected chi connectivity index (χ4v) is 0.600. The molecule has 1 nitrogen and oxygen atoms in total. The Morgan fingerprint density at radius 1 is 0.733 bits per heavy atom. The molecule has 0 radical (unpaired) electrons. The molecular weight excluding hydrogens is 240 g/mol. The van der Waals surface area contributed by atoms with Gasteiger partial charge in [-0.3, -0.25) is 0 Å². The van der Waals surface area contributed by atoms with E-state index < -0.39 is 37.9 Å². The topological polar surface area (TPSA) is 9.23 Å². The van der Waals surface area contributed by atoms with Crippen LogP contribution in [0.3, 0.4) is 0 Å². The van der Waals surface area contributed by atoms with E-state index in [0.29, 0.717) is 0 Å². The van der Waals surface area contributed by atoms with Crippen LogP contribution in [-0.2, 0) is 4.74 Å². The summed E-state index contributed by atoms with van der Waals surface area (Å²) in [6.07, 6.45) is -18.9. The van der Waals surface area contributed by atoms with E-state index in [9.17, 15) is 35.1 Å². The zero-order chi connectivity index (χ0) is 12.3. The first-order chi connectivity index (χ1) is 6.41. The predicted octanol–water partition coefficient (Wildman–Crippen LogP) is 3.50. The SMILES string of the molecule is FC(F)(F)CCOC(F)(F)CC(F)(F)F. The number of hydrogen-bond acceptors (Lipinski definition) is 1. The molecule has 0 rings (SSSR count). The number of hydrogen-bond donors (Lipinski definition) is 0. The lowest BCUT2D eigenvalue weighted by Crippen LogP contribution is -2.30. The summed E-state index contributed by atoms with van der Waals surface area (Å²) in [4.78, 5) is 0. The normalized spacial score (nSPS) is 14.4. The smallest absolute Gasteiger partial charge is 0.320 e. The van der Waals surface area contributed by atoms with Gasteiger partial charge >= 0.3 is 18.5 Å². The van der Waals surface area contributed by atoms with Crippen LogP contribution in [0.15, 0.2) is 0 Å². The highest BCUT2D eigenvalue weighted by Gasteiger charge is 2.45. The average Bonchev–Trinajstić information content (AvgIpc) is 1.75. The molecular formula is C6H6F8O. The molecule has 0 aromatic rings. The van der Waals surface area contributed by atoms with Gasteiger partial charge in [0.1, 0.15) is 6.42 Å². The summed E-state index contributed by atoms with van der Waals surface area (Å²) in [5.41, 5.74) is 0. The molecule has 0 spiro atoms. The van der Waals surface area contributed by atoms with Gasteiger partial charge in [0, 0.05) is 0 Å². The van der Waals surface area contributed by atoms with Crippen LogP contribution in [0.2, 0.25) is 0 Å². The van der Waals surface area contributed by atoms with Gasteiger partial charge in [0.05, 0.1) is 13.0 Å². The van der Waals surface area contributed by atoms with Crippen molar-refractivity contribution in [3.8, 4) is 0 Å². The van der Waals surface area contributed by atoms with Gasteiger partial charge in [0.15, 0.2) is 0 Å². The molecule has 0 heterocycles. The second-order valence-corrected chi connectivity index (χ2v) is 2.64. The minimum atomic E-state index is -5.19. The van der Waals surface area contributed by atoms with Crippen LogP contribution in [0.4, 0.5) is 35.1 Å². The van der Waals surface area contributed by atoms with E-state index in [1.165, 1.54) is 0 Å². The number of alkyl halides is 8. The van der Waals surface area contributed by atoms with Gasteiger partial charge in [-0.2, -0.15) is 35.1 Å². The quantitative estimate of drug-likeness (QED) is 0.690. The highest BCUT2D eigenvalue weighted by molar-refractivity contribution is 4.61. The molecule has 15 heavy (non-hydrogen) atoms. The van der Waals surface area contributed by atoms with Crippen molar-refractivity contribution in [3.63, 3.8) is 0 Å². The van der Waals surface area contributed by atoms with E-state index in [1.54, 1.807) is 0 Å². The molecule has 0 aliphatic heterocycles. The minimum Gasteiger partial charge on any atom is -0.320 e. The minimum absolute atomic E-state index is 1.51. The van der Waals surface area contributed by atoms with E-state index in [2.05, 4.69) is 4.74 Å². The van der Waals surface area contributed by atoms with E-state index in [1.807, 2.05) is 0 Å². The molecule has 92 valence electrons. The first-order valence-corrected chi connectivity index (χ1v) is 3.57. The highest BCUT2D eigenvalue weighted by atomic mass is 19.4.